The molecule has 0 aliphatic heterocycles. The lowest BCUT2D eigenvalue weighted by Gasteiger charge is -2.30. The van der Waals surface area contributed by atoms with Crippen molar-refractivity contribution in [2.24, 2.45) is 5.92 Å². The number of aliphatic hydroxyl groups is 1. The number of aromatic nitrogens is 2. The van der Waals surface area contributed by atoms with Crippen molar-refractivity contribution in [2.45, 2.75) is 72.2 Å². The molecular formula is C33H47N3O4S4Si. The second-order valence-corrected chi connectivity index (χ2v) is 19.9. The highest BCUT2D eigenvalue weighted by Crippen LogP contribution is 2.33. The van der Waals surface area contributed by atoms with Gasteiger partial charge in [0, 0.05) is 48.3 Å². The van der Waals surface area contributed by atoms with Gasteiger partial charge in [-0.25, -0.2) is 0 Å². The Morgan fingerprint density at radius 1 is 1.04 bits per heavy atom. The Labute approximate surface area is 287 Å². The zero-order chi connectivity index (χ0) is 32.9. The van der Waals surface area contributed by atoms with Crippen LogP contribution in [0.15, 0.2) is 63.8 Å². The fraction of sp³-hybridized carbons (Fsp3) is 0.485. The van der Waals surface area contributed by atoms with Crippen LogP contribution >= 0.6 is 46.6 Å². The van der Waals surface area contributed by atoms with Crippen LogP contribution in [-0.4, -0.2) is 66.9 Å². The van der Waals surface area contributed by atoms with Gasteiger partial charge in [-0.15, -0.1) is 10.2 Å². The molecule has 0 spiro atoms. The Balaban J connectivity index is 1.55. The largest absolute Gasteiger partial charge is 0.396 e. The number of benzene rings is 2. The first kappa shape index (κ1) is 37.8. The van der Waals surface area contributed by atoms with Crippen molar-refractivity contribution in [3.05, 3.63) is 77.4 Å². The van der Waals surface area contributed by atoms with E-state index in [1.165, 1.54) is 16.7 Å². The molecule has 0 aliphatic carbocycles. The molecule has 0 aliphatic rings. The molecule has 1 aromatic heterocycles. The molecule has 0 fully saturated rings. The molecule has 2 N–H and O–H groups in total. The fourth-order valence-corrected chi connectivity index (χ4v) is 11.3. The number of hydrogen-bond acceptors (Lipinski definition) is 10. The highest BCUT2D eigenvalue weighted by Gasteiger charge is 2.36. The summed E-state index contributed by atoms with van der Waals surface area (Å²) in [5.74, 6) is 2.41. The van der Waals surface area contributed by atoms with Gasteiger partial charge in [0.15, 0.2) is 8.68 Å². The van der Waals surface area contributed by atoms with Crippen molar-refractivity contribution in [2.75, 3.05) is 31.6 Å². The van der Waals surface area contributed by atoms with E-state index < -0.39 is 8.56 Å². The van der Waals surface area contributed by atoms with Crippen molar-refractivity contribution in [3.8, 4) is 0 Å². The number of hydrogen-bond donors (Lipinski definition) is 2. The van der Waals surface area contributed by atoms with Gasteiger partial charge < -0.3 is 19.3 Å². The van der Waals surface area contributed by atoms with Gasteiger partial charge in [-0.05, 0) is 54.9 Å². The third-order valence-corrected chi connectivity index (χ3v) is 16.4. The Kier molecular flexibility index (Phi) is 15.7. The Morgan fingerprint density at radius 3 is 2.09 bits per heavy atom. The average Bonchev–Trinajstić information content (AvgIpc) is 3.52. The van der Waals surface area contributed by atoms with E-state index in [-0.39, 0.29) is 29.5 Å². The predicted octanol–water partition coefficient (Wildman–Crippen LogP) is 7.72. The molecule has 1 heterocycles. The minimum Gasteiger partial charge on any atom is -0.396 e. The third-order valence-electron chi connectivity index (χ3n) is 7.86. The lowest BCUT2D eigenvalue weighted by Crippen LogP contribution is -2.49. The Morgan fingerprint density at radius 2 is 1.60 bits per heavy atom. The molecule has 3 rings (SSSR count). The topological polar surface area (TPSA) is 93.6 Å². The Bertz CT molecular complexity index is 1330. The van der Waals surface area contributed by atoms with Gasteiger partial charge in [-0.1, -0.05) is 110 Å². The van der Waals surface area contributed by atoms with Crippen LogP contribution in [0.3, 0.4) is 0 Å². The number of nitrogens with zero attached hydrogens (tertiary/aromatic N) is 2. The highest BCUT2D eigenvalue weighted by atomic mass is 32.2. The maximum Gasteiger partial charge on any atom is 0.374 e. The normalized spacial score (nSPS) is 13.4. The molecule has 0 saturated heterocycles. The van der Waals surface area contributed by atoms with Crippen LogP contribution in [0.4, 0.5) is 0 Å². The zero-order valence-electron chi connectivity index (χ0n) is 27.2. The van der Waals surface area contributed by atoms with E-state index in [1.807, 2.05) is 6.08 Å². The smallest absolute Gasteiger partial charge is 0.374 e. The van der Waals surface area contributed by atoms with Crippen LogP contribution in [0.2, 0.25) is 0 Å². The lowest BCUT2D eigenvalue weighted by molar-refractivity contribution is -0.126. The molecule has 2 aromatic carbocycles. The highest BCUT2D eigenvalue weighted by molar-refractivity contribution is 8.02. The summed E-state index contributed by atoms with van der Waals surface area (Å²) in [5.41, 5.74) is 4.54. The molecule has 12 heteroatoms. The summed E-state index contributed by atoms with van der Waals surface area (Å²) in [6, 6.07) is 17.1. The van der Waals surface area contributed by atoms with Crippen molar-refractivity contribution < 1.29 is 18.8 Å². The molecule has 3 aromatic rings. The minimum atomic E-state index is -2.66. The standard InChI is InChI=1S/C33H47N3O4S4Si/c1-8-25-10-12-26(13-11-25)19-42-31-35-36-32(44-31)43-20-27-14-16-28(17-15-27)24(3)18-29(30(38)34-33(4,5)9-2)21-41-23-45(22-37,39-6)40-7/h8,10-17,24,29,37H,1,9,18-23H2,2-7H3,(H,34,38). The van der Waals surface area contributed by atoms with Crippen LogP contribution < -0.4 is 5.32 Å². The number of amides is 1. The molecule has 0 saturated carbocycles. The molecule has 0 radical (unpaired) electrons. The molecule has 45 heavy (non-hydrogen) atoms. The summed E-state index contributed by atoms with van der Waals surface area (Å²) < 4.78 is 13.1. The maximum atomic E-state index is 13.4. The third kappa shape index (κ3) is 12.1. The number of carbonyl (C=O) groups is 1. The SMILES string of the molecule is C=Cc1ccc(CSc2nnc(SCc3ccc(C(C)CC(CSC[Si](CO)(OC)OC)C(=O)NC(C)(C)CC)cc3)s2)cc1. The van der Waals surface area contributed by atoms with Gasteiger partial charge in [-0.2, -0.15) is 11.8 Å². The summed E-state index contributed by atoms with van der Waals surface area (Å²) in [6.45, 7) is 12.2. The van der Waals surface area contributed by atoms with E-state index in [0.29, 0.717) is 11.1 Å². The number of nitrogens with one attached hydrogen (secondary N) is 1. The molecule has 246 valence electrons. The molecule has 0 bridgehead atoms. The van der Waals surface area contributed by atoms with E-state index in [2.05, 4.69) is 98.3 Å². The van der Waals surface area contributed by atoms with Crippen LogP contribution in [0.1, 0.15) is 68.7 Å². The fourth-order valence-electron chi connectivity index (χ4n) is 4.37. The second-order valence-electron chi connectivity index (χ2n) is 11.7. The second kappa shape index (κ2) is 18.6. The summed E-state index contributed by atoms with van der Waals surface area (Å²) in [6.07, 6.45) is 3.32. The summed E-state index contributed by atoms with van der Waals surface area (Å²) >= 11 is 6.67. The van der Waals surface area contributed by atoms with Crippen LogP contribution in [0.25, 0.3) is 6.08 Å². The van der Waals surface area contributed by atoms with Gasteiger partial charge in [-0.3, -0.25) is 4.79 Å². The monoisotopic (exact) mass is 705 g/mol. The molecule has 1 amide bonds. The van der Waals surface area contributed by atoms with E-state index in [9.17, 15) is 9.90 Å². The maximum absolute atomic E-state index is 13.4. The first-order valence-electron chi connectivity index (χ1n) is 15.1. The quantitative estimate of drug-likeness (QED) is 0.0906. The van der Waals surface area contributed by atoms with E-state index >= 15 is 0 Å². The summed E-state index contributed by atoms with van der Waals surface area (Å²) in [4.78, 5) is 13.4. The lowest BCUT2D eigenvalue weighted by atomic mass is 9.89. The summed E-state index contributed by atoms with van der Waals surface area (Å²) in [7, 11) is 0.506. The minimum absolute atomic E-state index is 0.0699. The van der Waals surface area contributed by atoms with Crippen molar-refractivity contribution in [3.63, 3.8) is 0 Å². The zero-order valence-corrected chi connectivity index (χ0v) is 31.5. The number of rotatable bonds is 20. The predicted molar refractivity (Wildman–Crippen MR) is 195 cm³/mol. The van der Waals surface area contributed by atoms with Gasteiger partial charge >= 0.3 is 8.56 Å². The molecule has 2 unspecified atom stereocenters. The number of aliphatic hydroxyl groups excluding tert-OH is 1. The molecule has 2 atom stereocenters. The Hall–Kier alpha value is -1.64. The van der Waals surface area contributed by atoms with E-state index in [1.54, 1.807) is 60.8 Å². The molecular weight excluding hydrogens is 659 g/mol. The molecule has 7 nitrogen and oxygen atoms in total. The van der Waals surface area contributed by atoms with Crippen LogP contribution in [-0.2, 0) is 25.2 Å². The number of carbonyl (C=O) groups excluding carboxylic acids is 1. The first-order chi connectivity index (χ1) is 21.6. The van der Waals surface area contributed by atoms with Crippen molar-refractivity contribution >= 4 is 67.2 Å². The first-order valence-corrected chi connectivity index (χ1v) is 21.2. The summed E-state index contributed by atoms with van der Waals surface area (Å²) in [5, 5.41) is 22.4. The number of thioether (sulfide) groups is 3. The van der Waals surface area contributed by atoms with Gasteiger partial charge in [0.2, 0.25) is 5.91 Å². The van der Waals surface area contributed by atoms with Crippen molar-refractivity contribution in [1.29, 1.82) is 0 Å². The van der Waals surface area contributed by atoms with Gasteiger partial charge in [0.05, 0.1) is 6.23 Å². The van der Waals surface area contributed by atoms with Crippen LogP contribution in [0.5, 0.6) is 0 Å². The van der Waals surface area contributed by atoms with Crippen LogP contribution in [0, 0.1) is 5.92 Å². The van der Waals surface area contributed by atoms with Gasteiger partial charge in [0.25, 0.3) is 0 Å². The van der Waals surface area contributed by atoms with E-state index in [4.69, 9.17) is 8.85 Å². The van der Waals surface area contributed by atoms with Crippen molar-refractivity contribution in [1.82, 2.24) is 15.5 Å². The van der Waals surface area contributed by atoms with E-state index in [0.717, 1.165) is 38.6 Å². The average molecular weight is 706 g/mol. The van der Waals surface area contributed by atoms with Gasteiger partial charge in [0.1, 0.15) is 0 Å².